The maximum Gasteiger partial charge on any atom is 0.336 e. The van der Waals surface area contributed by atoms with E-state index in [0.717, 1.165) is 17.1 Å². The molecule has 0 radical (unpaired) electrons. The number of aryl methyl sites for hydroxylation is 1. The molecule has 0 aliphatic carbocycles. The predicted octanol–water partition coefficient (Wildman–Crippen LogP) is 1.63. The van der Waals surface area contributed by atoms with Gasteiger partial charge in [0.05, 0.1) is 10.7 Å². The third-order valence-corrected chi connectivity index (χ3v) is 3.45. The normalized spacial score (nSPS) is 25.7. The van der Waals surface area contributed by atoms with Gasteiger partial charge in [-0.05, 0) is 19.8 Å². The maximum atomic E-state index is 11.2. The van der Waals surface area contributed by atoms with Crippen LogP contribution < -0.4 is 0 Å². The van der Waals surface area contributed by atoms with Crippen molar-refractivity contribution >= 4 is 17.3 Å². The number of carboxylic acids is 1. The first-order chi connectivity index (χ1) is 7.12. The number of thiazole rings is 1. The van der Waals surface area contributed by atoms with Gasteiger partial charge in [-0.15, -0.1) is 11.3 Å². The molecule has 1 unspecified atom stereocenters. The second-order valence-electron chi connectivity index (χ2n) is 3.79. The summed E-state index contributed by atoms with van der Waals surface area (Å²) < 4.78 is 5.38. The number of aliphatic carboxylic acids is 1. The molecule has 4 nitrogen and oxygen atoms in total. The molecule has 15 heavy (non-hydrogen) atoms. The summed E-state index contributed by atoms with van der Waals surface area (Å²) in [4.78, 5) is 15.5. The maximum absolute atomic E-state index is 11.2. The van der Waals surface area contributed by atoms with Crippen LogP contribution in [0.5, 0.6) is 0 Å². The molecule has 1 fully saturated rings. The van der Waals surface area contributed by atoms with Gasteiger partial charge in [-0.1, -0.05) is 0 Å². The van der Waals surface area contributed by atoms with Crippen molar-refractivity contribution in [2.45, 2.75) is 31.8 Å². The second-order valence-corrected chi connectivity index (χ2v) is 4.85. The first-order valence-electron chi connectivity index (χ1n) is 4.91. The lowest BCUT2D eigenvalue weighted by atomic mass is 9.95. The van der Waals surface area contributed by atoms with Crippen LogP contribution in [0.4, 0.5) is 0 Å². The molecule has 1 aromatic rings. The molecule has 0 amide bonds. The van der Waals surface area contributed by atoms with Gasteiger partial charge >= 0.3 is 5.97 Å². The van der Waals surface area contributed by atoms with Crippen molar-refractivity contribution in [1.82, 2.24) is 4.98 Å². The summed E-state index contributed by atoms with van der Waals surface area (Å²) in [6, 6.07) is 0. The van der Waals surface area contributed by atoms with Gasteiger partial charge in [0.1, 0.15) is 0 Å². The van der Waals surface area contributed by atoms with Crippen LogP contribution in [0.25, 0.3) is 0 Å². The van der Waals surface area contributed by atoms with Gasteiger partial charge in [-0.3, -0.25) is 0 Å². The summed E-state index contributed by atoms with van der Waals surface area (Å²) in [7, 11) is 0. The van der Waals surface area contributed by atoms with E-state index in [-0.39, 0.29) is 0 Å². The van der Waals surface area contributed by atoms with Gasteiger partial charge in [-0.25, -0.2) is 9.78 Å². The molecule has 0 aromatic carbocycles. The lowest BCUT2D eigenvalue weighted by Crippen LogP contribution is -2.40. The highest BCUT2D eigenvalue weighted by atomic mass is 32.1. The zero-order chi connectivity index (χ0) is 10.9. The van der Waals surface area contributed by atoms with Crippen molar-refractivity contribution in [3.63, 3.8) is 0 Å². The van der Waals surface area contributed by atoms with E-state index in [9.17, 15) is 9.90 Å². The van der Waals surface area contributed by atoms with Crippen LogP contribution in [0.15, 0.2) is 5.38 Å². The van der Waals surface area contributed by atoms with Crippen LogP contribution in [-0.2, 0) is 16.0 Å². The molecule has 1 N–H and O–H groups in total. The monoisotopic (exact) mass is 227 g/mol. The molecule has 0 saturated carbocycles. The summed E-state index contributed by atoms with van der Waals surface area (Å²) in [5, 5.41) is 12.0. The average Bonchev–Trinajstić information content (AvgIpc) is 2.77. The Morgan fingerprint density at radius 3 is 3.07 bits per heavy atom. The number of nitrogens with zero attached hydrogens (tertiary/aromatic N) is 1. The van der Waals surface area contributed by atoms with Crippen molar-refractivity contribution in [2.75, 3.05) is 6.61 Å². The Balaban J connectivity index is 2.17. The molecule has 1 aliphatic heterocycles. The largest absolute Gasteiger partial charge is 0.479 e. The van der Waals surface area contributed by atoms with Gasteiger partial charge in [-0.2, -0.15) is 0 Å². The third kappa shape index (κ3) is 2.03. The van der Waals surface area contributed by atoms with E-state index in [1.807, 2.05) is 12.3 Å². The second kappa shape index (κ2) is 3.90. The quantitative estimate of drug-likeness (QED) is 0.852. The lowest BCUT2D eigenvalue weighted by Gasteiger charge is -2.21. The Morgan fingerprint density at radius 2 is 2.60 bits per heavy atom. The standard InChI is InChI=1S/C10H13NO3S/c1-7-11-8(6-15-7)5-10(9(12)13)3-2-4-14-10/h6H,2-5H2,1H3,(H,12,13). The topological polar surface area (TPSA) is 59.4 Å². The molecule has 0 spiro atoms. The van der Waals surface area contributed by atoms with Gasteiger partial charge in [0.15, 0.2) is 5.60 Å². The Morgan fingerprint density at radius 1 is 1.80 bits per heavy atom. The molecular formula is C10H13NO3S. The van der Waals surface area contributed by atoms with Crippen LogP contribution in [0, 0.1) is 6.92 Å². The molecule has 1 aliphatic rings. The summed E-state index contributed by atoms with van der Waals surface area (Å²) in [6.45, 7) is 2.45. The number of hydrogen-bond donors (Lipinski definition) is 1. The van der Waals surface area contributed by atoms with Gasteiger partial charge in [0.2, 0.25) is 0 Å². The Kier molecular flexibility index (Phi) is 2.75. The number of carbonyl (C=O) groups is 1. The van der Waals surface area contributed by atoms with E-state index in [2.05, 4.69) is 4.98 Å². The van der Waals surface area contributed by atoms with E-state index < -0.39 is 11.6 Å². The van der Waals surface area contributed by atoms with E-state index in [0.29, 0.717) is 19.4 Å². The minimum Gasteiger partial charge on any atom is -0.479 e. The fourth-order valence-corrected chi connectivity index (χ4v) is 2.48. The van der Waals surface area contributed by atoms with Gasteiger partial charge in [0, 0.05) is 18.4 Å². The van der Waals surface area contributed by atoms with Gasteiger partial charge < -0.3 is 9.84 Å². The van der Waals surface area contributed by atoms with Crippen molar-refractivity contribution in [1.29, 1.82) is 0 Å². The van der Waals surface area contributed by atoms with Crippen LogP contribution in [0.1, 0.15) is 23.5 Å². The number of ether oxygens (including phenoxy) is 1. The smallest absolute Gasteiger partial charge is 0.336 e. The molecule has 1 atom stereocenters. The number of hydrogen-bond acceptors (Lipinski definition) is 4. The summed E-state index contributed by atoms with van der Waals surface area (Å²) in [5.41, 5.74) is -0.206. The molecular weight excluding hydrogens is 214 g/mol. The van der Waals surface area contributed by atoms with Gasteiger partial charge in [0.25, 0.3) is 0 Å². The third-order valence-electron chi connectivity index (χ3n) is 2.63. The highest BCUT2D eigenvalue weighted by Crippen LogP contribution is 2.30. The predicted molar refractivity (Wildman–Crippen MR) is 56.1 cm³/mol. The Bertz CT molecular complexity index is 368. The fourth-order valence-electron chi connectivity index (χ4n) is 1.86. The highest BCUT2D eigenvalue weighted by Gasteiger charge is 2.43. The minimum absolute atomic E-state index is 0.382. The van der Waals surface area contributed by atoms with Crippen LogP contribution in [0.3, 0.4) is 0 Å². The number of aromatic nitrogens is 1. The van der Waals surface area contributed by atoms with Crippen molar-refractivity contribution in [2.24, 2.45) is 0 Å². The van der Waals surface area contributed by atoms with E-state index in [4.69, 9.17) is 4.74 Å². The van der Waals surface area contributed by atoms with Crippen LogP contribution in [-0.4, -0.2) is 28.3 Å². The molecule has 1 aromatic heterocycles. The van der Waals surface area contributed by atoms with Crippen molar-refractivity contribution < 1.29 is 14.6 Å². The average molecular weight is 227 g/mol. The summed E-state index contributed by atoms with van der Waals surface area (Å²) in [6.07, 6.45) is 1.78. The molecule has 2 rings (SSSR count). The van der Waals surface area contributed by atoms with Crippen molar-refractivity contribution in [3.8, 4) is 0 Å². The zero-order valence-corrected chi connectivity index (χ0v) is 9.34. The highest BCUT2D eigenvalue weighted by molar-refractivity contribution is 7.09. The molecule has 0 bridgehead atoms. The molecule has 82 valence electrons. The fraction of sp³-hybridized carbons (Fsp3) is 0.600. The van der Waals surface area contributed by atoms with Crippen LogP contribution in [0.2, 0.25) is 0 Å². The zero-order valence-electron chi connectivity index (χ0n) is 8.52. The van der Waals surface area contributed by atoms with E-state index >= 15 is 0 Å². The molecule has 2 heterocycles. The Hall–Kier alpha value is -0.940. The molecule has 5 heteroatoms. The Labute approximate surface area is 91.9 Å². The first-order valence-corrected chi connectivity index (χ1v) is 5.79. The molecule has 1 saturated heterocycles. The number of rotatable bonds is 3. The van der Waals surface area contributed by atoms with E-state index in [1.165, 1.54) is 11.3 Å². The SMILES string of the molecule is Cc1nc(CC2(C(=O)O)CCCO2)cs1. The lowest BCUT2D eigenvalue weighted by molar-refractivity contribution is -0.160. The van der Waals surface area contributed by atoms with Crippen LogP contribution >= 0.6 is 11.3 Å². The summed E-state index contributed by atoms with van der Waals surface area (Å²) in [5.74, 6) is -0.870. The van der Waals surface area contributed by atoms with E-state index in [1.54, 1.807) is 0 Å². The minimum atomic E-state index is -1.03. The van der Waals surface area contributed by atoms with Crippen molar-refractivity contribution in [3.05, 3.63) is 16.1 Å². The number of carboxylic acid groups (broad SMARTS) is 1. The summed E-state index contributed by atoms with van der Waals surface area (Å²) >= 11 is 1.54. The first kappa shape index (κ1) is 10.6.